The van der Waals surface area contributed by atoms with Gasteiger partial charge < -0.3 is 5.32 Å². The van der Waals surface area contributed by atoms with E-state index >= 15 is 0 Å². The van der Waals surface area contributed by atoms with Gasteiger partial charge in [0.05, 0.1) is 5.25 Å². The van der Waals surface area contributed by atoms with Crippen LogP contribution in [0.2, 0.25) is 0 Å². The molecule has 2 heterocycles. The summed E-state index contributed by atoms with van der Waals surface area (Å²) in [6, 6.07) is 10.0. The summed E-state index contributed by atoms with van der Waals surface area (Å²) in [4.78, 5) is 21.9. The number of carbonyl (C=O) groups excluding carboxylic acids is 1. The number of hydrogen-bond acceptors (Lipinski definition) is 5. The molecule has 3 aromatic rings. The summed E-state index contributed by atoms with van der Waals surface area (Å²) >= 11 is 3.03. The van der Waals surface area contributed by atoms with E-state index in [1.165, 1.54) is 17.3 Å². The fraction of sp³-hybridized carbons (Fsp3) is 0.278. The van der Waals surface area contributed by atoms with Crippen LogP contribution in [-0.4, -0.2) is 21.1 Å². The summed E-state index contributed by atoms with van der Waals surface area (Å²) < 4.78 is 0. The van der Waals surface area contributed by atoms with Gasteiger partial charge in [-0.3, -0.25) is 4.79 Å². The van der Waals surface area contributed by atoms with Gasteiger partial charge in [-0.2, -0.15) is 0 Å². The maximum absolute atomic E-state index is 12.4. The van der Waals surface area contributed by atoms with Gasteiger partial charge in [0.15, 0.2) is 0 Å². The number of carbonyl (C=O) groups is 1. The molecule has 0 spiro atoms. The average molecular weight is 358 g/mol. The highest BCUT2D eigenvalue weighted by Crippen LogP contribution is 2.30. The minimum absolute atomic E-state index is 0.0284. The molecule has 1 aromatic carbocycles. The van der Waals surface area contributed by atoms with Gasteiger partial charge in [-0.25, -0.2) is 9.97 Å². The van der Waals surface area contributed by atoms with E-state index in [1.54, 1.807) is 17.7 Å². The molecule has 1 amide bonds. The molecular weight excluding hydrogens is 338 g/mol. The van der Waals surface area contributed by atoms with Gasteiger partial charge in [0.2, 0.25) is 5.91 Å². The van der Waals surface area contributed by atoms with Gasteiger partial charge in [-0.15, -0.1) is 11.3 Å². The van der Waals surface area contributed by atoms with Gasteiger partial charge in [0, 0.05) is 11.1 Å². The Morgan fingerprint density at radius 1 is 1.12 bits per heavy atom. The number of benzene rings is 1. The number of anilines is 1. The van der Waals surface area contributed by atoms with Gasteiger partial charge in [-0.1, -0.05) is 37.7 Å². The molecule has 0 saturated carbocycles. The first-order valence-electron chi connectivity index (χ1n) is 7.80. The Morgan fingerprint density at radius 3 is 2.58 bits per heavy atom. The van der Waals surface area contributed by atoms with Crippen LogP contribution in [0.5, 0.6) is 0 Å². The van der Waals surface area contributed by atoms with Crippen molar-refractivity contribution in [2.24, 2.45) is 0 Å². The first-order chi connectivity index (χ1) is 11.5. The summed E-state index contributed by atoms with van der Waals surface area (Å²) in [5.74, 6) is 0.453. The lowest BCUT2D eigenvalue weighted by molar-refractivity contribution is -0.115. The Hall–Kier alpha value is -1.92. The lowest BCUT2D eigenvalue weighted by Gasteiger charge is -2.13. The number of thioether (sulfide) groups is 1. The fourth-order valence-electron chi connectivity index (χ4n) is 2.28. The second-order valence-corrected chi connectivity index (χ2v) is 8.07. The molecule has 3 rings (SSSR count). The third kappa shape index (κ3) is 3.76. The number of rotatable bonds is 5. The fourth-order valence-corrected chi connectivity index (χ4v) is 3.98. The highest BCUT2D eigenvalue weighted by atomic mass is 32.2. The van der Waals surface area contributed by atoms with E-state index < -0.39 is 0 Å². The molecule has 0 radical (unpaired) electrons. The van der Waals surface area contributed by atoms with Crippen LogP contribution in [0, 0.1) is 0 Å². The quantitative estimate of drug-likeness (QED) is 0.519. The standard InChI is InChI=1S/C18H19N3OS2/c1-11(2)13-4-6-14(7-5-13)21-16(22)12(3)24-18-15-8-9-23-17(15)19-10-20-18/h4-12H,1-3H3,(H,21,22)/t12-/m0/s1. The Morgan fingerprint density at radius 2 is 1.88 bits per heavy atom. The lowest BCUT2D eigenvalue weighted by atomic mass is 10.0. The van der Waals surface area contributed by atoms with Crippen molar-refractivity contribution in [1.82, 2.24) is 9.97 Å². The largest absolute Gasteiger partial charge is 0.325 e. The second kappa shape index (κ2) is 7.32. The van der Waals surface area contributed by atoms with Crippen molar-refractivity contribution < 1.29 is 4.79 Å². The topological polar surface area (TPSA) is 54.9 Å². The van der Waals surface area contributed by atoms with Crippen LogP contribution in [0.4, 0.5) is 5.69 Å². The first-order valence-corrected chi connectivity index (χ1v) is 9.56. The Balaban J connectivity index is 1.67. The van der Waals surface area contributed by atoms with Crippen molar-refractivity contribution in [1.29, 1.82) is 0 Å². The molecule has 0 aliphatic carbocycles. The zero-order chi connectivity index (χ0) is 17.1. The van der Waals surface area contributed by atoms with Crippen molar-refractivity contribution in [3.8, 4) is 0 Å². The third-order valence-corrected chi connectivity index (χ3v) is 5.66. The van der Waals surface area contributed by atoms with E-state index in [1.807, 2.05) is 30.5 Å². The van der Waals surface area contributed by atoms with Crippen LogP contribution in [0.3, 0.4) is 0 Å². The van der Waals surface area contributed by atoms with E-state index in [2.05, 4.69) is 41.3 Å². The van der Waals surface area contributed by atoms with Gasteiger partial charge in [-0.05, 0) is 42.0 Å². The molecule has 6 heteroatoms. The molecular formula is C18H19N3OS2. The summed E-state index contributed by atoms with van der Waals surface area (Å²) in [5.41, 5.74) is 2.08. The second-order valence-electron chi connectivity index (χ2n) is 5.84. The van der Waals surface area contributed by atoms with Crippen LogP contribution in [0.1, 0.15) is 32.3 Å². The average Bonchev–Trinajstić information content (AvgIpc) is 3.05. The molecule has 1 atom stereocenters. The zero-order valence-electron chi connectivity index (χ0n) is 13.8. The Kier molecular flexibility index (Phi) is 5.16. The molecule has 0 unspecified atom stereocenters. The van der Waals surface area contributed by atoms with Gasteiger partial charge in [0.25, 0.3) is 0 Å². The Labute approximate surface area is 149 Å². The van der Waals surface area contributed by atoms with Gasteiger partial charge in [0.1, 0.15) is 16.2 Å². The van der Waals surface area contributed by atoms with Gasteiger partial charge >= 0.3 is 0 Å². The van der Waals surface area contributed by atoms with Crippen molar-refractivity contribution in [2.75, 3.05) is 5.32 Å². The van der Waals surface area contributed by atoms with E-state index in [9.17, 15) is 4.79 Å². The number of aromatic nitrogens is 2. The molecule has 4 nitrogen and oxygen atoms in total. The molecule has 1 N–H and O–H groups in total. The predicted octanol–water partition coefficient (Wildman–Crippen LogP) is 4.93. The first kappa shape index (κ1) is 16.9. The minimum atomic E-state index is -0.243. The SMILES string of the molecule is CC(C)c1ccc(NC(=O)[C@H](C)Sc2ncnc3sccc23)cc1. The molecule has 24 heavy (non-hydrogen) atoms. The third-order valence-electron chi connectivity index (χ3n) is 3.73. The summed E-state index contributed by atoms with van der Waals surface area (Å²) in [7, 11) is 0. The van der Waals surface area contributed by atoms with Crippen molar-refractivity contribution in [2.45, 2.75) is 37.0 Å². The smallest absolute Gasteiger partial charge is 0.237 e. The lowest BCUT2D eigenvalue weighted by Crippen LogP contribution is -2.22. The minimum Gasteiger partial charge on any atom is -0.325 e. The molecule has 0 aliphatic heterocycles. The summed E-state index contributed by atoms with van der Waals surface area (Å²) in [6.45, 7) is 6.20. The number of fused-ring (bicyclic) bond motifs is 1. The number of thiophene rings is 1. The van der Waals surface area contributed by atoms with Crippen LogP contribution in [-0.2, 0) is 4.79 Å². The molecule has 0 fully saturated rings. The molecule has 0 aliphatic rings. The van der Waals surface area contributed by atoms with Crippen LogP contribution in [0.25, 0.3) is 10.2 Å². The maximum Gasteiger partial charge on any atom is 0.237 e. The van der Waals surface area contributed by atoms with Crippen molar-refractivity contribution >= 4 is 44.9 Å². The number of amides is 1. The van der Waals surface area contributed by atoms with Crippen LogP contribution < -0.4 is 5.32 Å². The maximum atomic E-state index is 12.4. The highest BCUT2D eigenvalue weighted by molar-refractivity contribution is 8.00. The van der Waals surface area contributed by atoms with E-state index in [-0.39, 0.29) is 11.2 Å². The summed E-state index contributed by atoms with van der Waals surface area (Å²) in [5, 5.41) is 6.57. The highest BCUT2D eigenvalue weighted by Gasteiger charge is 2.17. The summed E-state index contributed by atoms with van der Waals surface area (Å²) in [6.07, 6.45) is 1.55. The molecule has 2 aromatic heterocycles. The van der Waals surface area contributed by atoms with Crippen LogP contribution >= 0.6 is 23.1 Å². The van der Waals surface area contributed by atoms with Crippen molar-refractivity contribution in [3.63, 3.8) is 0 Å². The molecule has 124 valence electrons. The number of hydrogen-bond donors (Lipinski definition) is 1. The van der Waals surface area contributed by atoms with E-state index in [4.69, 9.17) is 0 Å². The van der Waals surface area contributed by atoms with Crippen molar-refractivity contribution in [3.05, 3.63) is 47.6 Å². The van der Waals surface area contributed by atoms with Crippen LogP contribution in [0.15, 0.2) is 47.1 Å². The van der Waals surface area contributed by atoms with E-state index in [0.717, 1.165) is 20.9 Å². The Bertz CT molecular complexity index is 843. The molecule has 0 saturated heterocycles. The monoisotopic (exact) mass is 357 g/mol. The predicted molar refractivity (Wildman–Crippen MR) is 102 cm³/mol. The zero-order valence-corrected chi connectivity index (χ0v) is 15.4. The number of nitrogens with one attached hydrogen (secondary N) is 1. The number of nitrogens with zero attached hydrogens (tertiary/aromatic N) is 2. The normalized spacial score (nSPS) is 12.5. The van der Waals surface area contributed by atoms with E-state index in [0.29, 0.717) is 5.92 Å². The molecule has 0 bridgehead atoms.